The van der Waals surface area contributed by atoms with Crippen LogP contribution in [0.1, 0.15) is 27.4 Å². The highest BCUT2D eigenvalue weighted by molar-refractivity contribution is 5.91. The van der Waals surface area contributed by atoms with Crippen molar-refractivity contribution in [3.63, 3.8) is 0 Å². The lowest BCUT2D eigenvalue weighted by Crippen LogP contribution is -2.48. The van der Waals surface area contributed by atoms with Gasteiger partial charge in [0.2, 0.25) is 0 Å². The number of ether oxygens (including phenoxy) is 1. The second kappa shape index (κ2) is 9.83. The summed E-state index contributed by atoms with van der Waals surface area (Å²) in [6.07, 6.45) is 0. The van der Waals surface area contributed by atoms with Gasteiger partial charge in [0.05, 0.1) is 4.92 Å². The number of carbonyl (C=O) groups is 1. The van der Waals surface area contributed by atoms with Crippen LogP contribution in [0.4, 0.5) is 10.1 Å². The minimum atomic E-state index is -0.440. The smallest absolute Gasteiger partial charge is 0.289 e. The van der Waals surface area contributed by atoms with Crippen molar-refractivity contribution in [1.82, 2.24) is 9.80 Å². The normalized spacial score (nSPS) is 14.3. The summed E-state index contributed by atoms with van der Waals surface area (Å²) in [5.41, 5.74) is 1.45. The van der Waals surface area contributed by atoms with E-state index in [0.29, 0.717) is 49.8 Å². The van der Waals surface area contributed by atoms with Crippen molar-refractivity contribution < 1.29 is 23.3 Å². The van der Waals surface area contributed by atoms with Gasteiger partial charge in [-0.2, -0.15) is 0 Å². The summed E-state index contributed by atoms with van der Waals surface area (Å²) in [5, 5.41) is 10.9. The first-order chi connectivity index (χ1) is 15.9. The van der Waals surface area contributed by atoms with Crippen LogP contribution in [0.15, 0.2) is 59.0 Å². The summed E-state index contributed by atoms with van der Waals surface area (Å²) >= 11 is 0. The fraction of sp³-hybridized carbons (Fsp3) is 0.292. The number of aryl methyl sites for hydroxylation is 1. The third-order valence-electron chi connectivity index (χ3n) is 5.57. The fourth-order valence-corrected chi connectivity index (χ4v) is 3.81. The highest BCUT2D eigenvalue weighted by atomic mass is 19.1. The number of nitro benzene ring substituents is 1. The van der Waals surface area contributed by atoms with Crippen LogP contribution in [0.2, 0.25) is 0 Å². The second-order valence-electron chi connectivity index (χ2n) is 7.96. The minimum Gasteiger partial charge on any atom is -0.486 e. The average Bonchev–Trinajstić information content (AvgIpc) is 3.27. The Labute approximate surface area is 190 Å². The van der Waals surface area contributed by atoms with E-state index in [0.717, 1.165) is 5.56 Å². The molecule has 0 unspecified atom stereocenters. The van der Waals surface area contributed by atoms with Crippen molar-refractivity contribution in [3.8, 4) is 5.75 Å². The first-order valence-electron chi connectivity index (χ1n) is 10.6. The molecule has 1 amide bonds. The number of nitrogens with zero attached hydrogens (tertiary/aromatic N) is 3. The molecule has 1 aliphatic heterocycles. The van der Waals surface area contributed by atoms with Gasteiger partial charge >= 0.3 is 0 Å². The van der Waals surface area contributed by atoms with Gasteiger partial charge in [-0.15, -0.1) is 0 Å². The van der Waals surface area contributed by atoms with Gasteiger partial charge in [-0.3, -0.25) is 19.8 Å². The Balaban J connectivity index is 1.28. The number of carbonyl (C=O) groups excluding carboxylic acids is 1. The fourth-order valence-electron chi connectivity index (χ4n) is 3.81. The van der Waals surface area contributed by atoms with Gasteiger partial charge in [0.15, 0.2) is 5.76 Å². The molecule has 1 saturated heterocycles. The van der Waals surface area contributed by atoms with Gasteiger partial charge in [0, 0.05) is 44.4 Å². The van der Waals surface area contributed by atoms with Crippen molar-refractivity contribution in [2.45, 2.75) is 20.1 Å². The Hall–Kier alpha value is -3.72. The van der Waals surface area contributed by atoms with Gasteiger partial charge < -0.3 is 14.1 Å². The van der Waals surface area contributed by atoms with Gasteiger partial charge in [-0.05, 0) is 48.9 Å². The monoisotopic (exact) mass is 453 g/mol. The maximum atomic E-state index is 13.4. The molecule has 172 valence electrons. The standard InChI is InChI=1S/C24H24FN3O5/c1-17-13-20(5-7-22(17)28(30)31)32-16-21-6-8-23(33-21)24(29)27-11-9-26(10-12-27)15-18-3-2-4-19(25)14-18/h2-8,13-14H,9-12,15-16H2,1H3. The molecular formula is C24H24FN3O5. The molecule has 1 fully saturated rings. The molecule has 33 heavy (non-hydrogen) atoms. The van der Waals surface area contributed by atoms with Crippen LogP contribution in [-0.4, -0.2) is 46.8 Å². The van der Waals surface area contributed by atoms with E-state index in [1.807, 2.05) is 6.07 Å². The van der Waals surface area contributed by atoms with E-state index in [1.165, 1.54) is 24.3 Å². The lowest BCUT2D eigenvalue weighted by Gasteiger charge is -2.34. The molecule has 9 heteroatoms. The van der Waals surface area contributed by atoms with Crippen molar-refractivity contribution >= 4 is 11.6 Å². The zero-order valence-electron chi connectivity index (χ0n) is 18.2. The predicted molar refractivity (Wildman–Crippen MR) is 118 cm³/mol. The Bertz CT molecular complexity index is 1150. The SMILES string of the molecule is Cc1cc(OCc2ccc(C(=O)N3CCN(Cc4cccc(F)c4)CC3)o2)ccc1[N+](=O)[O-]. The Morgan fingerprint density at radius 2 is 1.91 bits per heavy atom. The number of amides is 1. The molecule has 0 N–H and O–H groups in total. The van der Waals surface area contributed by atoms with Crippen LogP contribution < -0.4 is 4.74 Å². The molecule has 8 nitrogen and oxygen atoms in total. The topological polar surface area (TPSA) is 89.1 Å². The summed E-state index contributed by atoms with van der Waals surface area (Å²) < 4.78 is 24.7. The first-order valence-corrected chi connectivity index (χ1v) is 10.6. The van der Waals surface area contributed by atoms with E-state index >= 15 is 0 Å². The highest BCUT2D eigenvalue weighted by Crippen LogP contribution is 2.24. The molecule has 0 atom stereocenters. The molecule has 0 bridgehead atoms. The van der Waals surface area contributed by atoms with Crippen molar-refractivity contribution in [2.24, 2.45) is 0 Å². The summed E-state index contributed by atoms with van der Waals surface area (Å²) in [5.74, 6) is 0.781. The van der Waals surface area contributed by atoms with Gasteiger partial charge in [-0.1, -0.05) is 12.1 Å². The zero-order chi connectivity index (χ0) is 23.4. The number of halogens is 1. The summed E-state index contributed by atoms with van der Waals surface area (Å²) in [7, 11) is 0. The van der Waals surface area contributed by atoms with E-state index in [9.17, 15) is 19.3 Å². The number of hydrogen-bond acceptors (Lipinski definition) is 6. The molecule has 1 aliphatic rings. The molecule has 2 aromatic carbocycles. The van der Waals surface area contributed by atoms with E-state index in [-0.39, 0.29) is 29.8 Å². The third-order valence-corrected chi connectivity index (χ3v) is 5.57. The van der Waals surface area contributed by atoms with Crippen molar-refractivity contribution in [3.05, 3.63) is 93.2 Å². The summed E-state index contributed by atoms with van der Waals surface area (Å²) in [6, 6.07) is 14.4. The third kappa shape index (κ3) is 5.56. The molecule has 0 saturated carbocycles. The number of benzene rings is 2. The maximum absolute atomic E-state index is 13.4. The Morgan fingerprint density at radius 3 is 2.61 bits per heavy atom. The van der Waals surface area contributed by atoms with Gasteiger partial charge in [-0.25, -0.2) is 4.39 Å². The zero-order valence-corrected chi connectivity index (χ0v) is 18.2. The van der Waals surface area contributed by atoms with Crippen LogP contribution in [0, 0.1) is 22.9 Å². The Kier molecular flexibility index (Phi) is 6.69. The number of nitro groups is 1. The van der Waals surface area contributed by atoms with E-state index in [2.05, 4.69) is 4.90 Å². The molecule has 0 aliphatic carbocycles. The summed E-state index contributed by atoms with van der Waals surface area (Å²) in [6.45, 7) is 4.89. The molecule has 3 aromatic rings. The molecule has 1 aromatic heterocycles. The van der Waals surface area contributed by atoms with Gasteiger partial charge in [0.1, 0.15) is 23.9 Å². The first kappa shape index (κ1) is 22.5. The van der Waals surface area contributed by atoms with Crippen molar-refractivity contribution in [1.29, 1.82) is 0 Å². The van der Waals surface area contributed by atoms with Crippen LogP contribution in [0.5, 0.6) is 5.75 Å². The number of piperazine rings is 1. The molecule has 2 heterocycles. The van der Waals surface area contributed by atoms with Crippen LogP contribution in [-0.2, 0) is 13.2 Å². The summed E-state index contributed by atoms with van der Waals surface area (Å²) in [4.78, 5) is 27.2. The Morgan fingerprint density at radius 1 is 1.12 bits per heavy atom. The van der Waals surface area contributed by atoms with Gasteiger partial charge in [0.25, 0.3) is 11.6 Å². The minimum absolute atomic E-state index is 0.0317. The molecular weight excluding hydrogens is 429 g/mol. The second-order valence-corrected chi connectivity index (χ2v) is 7.96. The van der Waals surface area contributed by atoms with E-state index < -0.39 is 4.92 Å². The van der Waals surface area contributed by atoms with Crippen LogP contribution in [0.25, 0.3) is 0 Å². The van der Waals surface area contributed by atoms with Crippen LogP contribution in [0.3, 0.4) is 0 Å². The van der Waals surface area contributed by atoms with Crippen molar-refractivity contribution in [2.75, 3.05) is 26.2 Å². The van der Waals surface area contributed by atoms with E-state index in [1.54, 1.807) is 36.1 Å². The van der Waals surface area contributed by atoms with E-state index in [4.69, 9.17) is 9.15 Å². The molecule has 0 radical (unpaired) electrons. The largest absolute Gasteiger partial charge is 0.486 e. The number of hydrogen-bond donors (Lipinski definition) is 0. The maximum Gasteiger partial charge on any atom is 0.289 e. The lowest BCUT2D eigenvalue weighted by atomic mass is 10.2. The lowest BCUT2D eigenvalue weighted by molar-refractivity contribution is -0.385. The quantitative estimate of drug-likeness (QED) is 0.394. The highest BCUT2D eigenvalue weighted by Gasteiger charge is 2.24. The number of rotatable bonds is 7. The predicted octanol–water partition coefficient (Wildman–Crippen LogP) is 4.17. The number of furan rings is 1. The average molecular weight is 453 g/mol. The molecule has 4 rings (SSSR count). The molecule has 0 spiro atoms. The van der Waals surface area contributed by atoms with Crippen LogP contribution >= 0.6 is 0 Å².